The molecule has 0 spiro atoms. The zero-order valence-corrected chi connectivity index (χ0v) is 20.4. The molecule has 0 radical (unpaired) electrons. The van der Waals surface area contributed by atoms with Crippen LogP contribution in [-0.4, -0.2) is 68.2 Å². The van der Waals surface area contributed by atoms with E-state index >= 15 is 0 Å². The normalized spacial score (nSPS) is 16.6. The molecule has 0 saturated carbocycles. The molecule has 1 atom stereocenters. The molecule has 1 aliphatic heterocycles. The number of halogens is 6. The lowest BCUT2D eigenvalue weighted by molar-refractivity contribution is -0.192. The van der Waals surface area contributed by atoms with Gasteiger partial charge in [-0.05, 0) is 35.0 Å². The van der Waals surface area contributed by atoms with Crippen LogP contribution in [0, 0.1) is 5.82 Å². The average molecular weight is 566 g/mol. The maximum absolute atomic E-state index is 14.7. The molecule has 1 unspecified atom stereocenters. The predicted octanol–water partition coefficient (Wildman–Crippen LogP) is 5.12. The van der Waals surface area contributed by atoms with Crippen molar-refractivity contribution in [2.24, 2.45) is 0 Å². The quantitative estimate of drug-likeness (QED) is 0.345. The van der Waals surface area contributed by atoms with Crippen molar-refractivity contribution in [2.45, 2.75) is 24.6 Å². The van der Waals surface area contributed by atoms with Crippen molar-refractivity contribution in [3.8, 4) is 11.4 Å². The predicted molar refractivity (Wildman–Crippen MR) is 129 cm³/mol. The van der Waals surface area contributed by atoms with Crippen LogP contribution in [0.4, 0.5) is 26.3 Å². The second-order valence-corrected chi connectivity index (χ2v) is 8.63. The molecule has 1 N–H and O–H groups in total. The van der Waals surface area contributed by atoms with E-state index in [9.17, 15) is 31.1 Å². The molecule has 0 aliphatic carbocycles. The summed E-state index contributed by atoms with van der Waals surface area (Å²) in [4.78, 5) is 24.4. The Labute approximate surface area is 222 Å². The summed E-state index contributed by atoms with van der Waals surface area (Å²) in [6.45, 7) is -0.622. The molecule has 1 saturated heterocycles. The van der Waals surface area contributed by atoms with Gasteiger partial charge in [-0.2, -0.15) is 28.2 Å². The number of benzene rings is 3. The molecule has 4 aromatic rings. The first-order valence-corrected chi connectivity index (χ1v) is 11.6. The zero-order chi connectivity index (χ0) is 29.1. The number of alkyl halides is 5. The molecule has 2 heterocycles. The number of aromatic nitrogens is 3. The van der Waals surface area contributed by atoms with E-state index in [4.69, 9.17) is 14.6 Å². The summed E-state index contributed by atoms with van der Waals surface area (Å²) in [6, 6.07) is 16.7. The largest absolute Gasteiger partial charge is 0.490 e. The lowest BCUT2D eigenvalue weighted by Crippen LogP contribution is -2.55. The minimum atomic E-state index is -5.08. The van der Waals surface area contributed by atoms with E-state index < -0.39 is 42.3 Å². The Morgan fingerprint density at radius 2 is 1.62 bits per heavy atom. The third kappa shape index (κ3) is 6.33. The van der Waals surface area contributed by atoms with Gasteiger partial charge < -0.3 is 14.7 Å². The van der Waals surface area contributed by atoms with E-state index in [0.29, 0.717) is 0 Å². The van der Waals surface area contributed by atoms with Gasteiger partial charge in [-0.1, -0.05) is 36.4 Å². The first-order valence-electron chi connectivity index (χ1n) is 11.6. The van der Waals surface area contributed by atoms with Gasteiger partial charge in [-0.3, -0.25) is 4.79 Å². The molecule has 1 amide bonds. The number of piperidine rings is 1. The van der Waals surface area contributed by atoms with Crippen molar-refractivity contribution in [3.05, 3.63) is 84.4 Å². The van der Waals surface area contributed by atoms with Gasteiger partial charge in [0.2, 0.25) is 0 Å². The fourth-order valence-corrected chi connectivity index (χ4v) is 3.97. The first kappa shape index (κ1) is 28.4. The Morgan fingerprint density at radius 1 is 0.975 bits per heavy atom. The molecule has 1 fully saturated rings. The summed E-state index contributed by atoms with van der Waals surface area (Å²) in [5, 5.41) is 16.8. The van der Waals surface area contributed by atoms with Gasteiger partial charge in [-0.25, -0.2) is 18.0 Å². The van der Waals surface area contributed by atoms with E-state index in [1.165, 1.54) is 29.4 Å². The Hall–Kier alpha value is -4.62. The number of nitrogens with zero attached hydrogens (tertiary/aromatic N) is 4. The van der Waals surface area contributed by atoms with Crippen LogP contribution in [0.5, 0.6) is 5.75 Å². The number of rotatable bonds is 4. The lowest BCUT2D eigenvalue weighted by Gasteiger charge is -2.38. The van der Waals surface area contributed by atoms with E-state index in [2.05, 4.69) is 10.2 Å². The molecule has 0 bridgehead atoms. The van der Waals surface area contributed by atoms with Crippen molar-refractivity contribution < 1.29 is 45.8 Å². The fourth-order valence-electron chi connectivity index (χ4n) is 3.97. The van der Waals surface area contributed by atoms with Crippen molar-refractivity contribution in [3.63, 3.8) is 0 Å². The van der Waals surface area contributed by atoms with Crippen LogP contribution < -0.4 is 4.74 Å². The van der Waals surface area contributed by atoms with Crippen LogP contribution in [-0.2, 0) is 4.79 Å². The van der Waals surface area contributed by atoms with E-state index in [1.807, 2.05) is 24.3 Å². The maximum atomic E-state index is 14.7. The highest BCUT2D eigenvalue weighted by molar-refractivity contribution is 5.98. The Balaban J connectivity index is 0.000000470. The highest BCUT2D eigenvalue weighted by Crippen LogP contribution is 2.34. The van der Waals surface area contributed by atoms with Crippen molar-refractivity contribution >= 4 is 22.6 Å². The molecular weight excluding hydrogens is 546 g/mol. The van der Waals surface area contributed by atoms with Crippen molar-refractivity contribution in [2.75, 3.05) is 13.1 Å². The van der Waals surface area contributed by atoms with Gasteiger partial charge in [0.25, 0.3) is 11.8 Å². The highest BCUT2D eigenvalue weighted by atomic mass is 19.4. The monoisotopic (exact) mass is 566 g/mol. The summed E-state index contributed by atoms with van der Waals surface area (Å²) in [7, 11) is 0. The van der Waals surface area contributed by atoms with Gasteiger partial charge in [-0.15, -0.1) is 0 Å². The standard InChI is InChI=1S/C24H19F3N4O2.C2HF3O2/c25-19-6-3-7-20(31-28-11-12-29-31)22(19)23(32)30-13-10-24(26,27)21(15-30)33-18-9-8-16-4-1-2-5-17(16)14-18;3-2(4,5)1(6)7/h1-9,11-12,14,21H,10,13,15H2;(H,6,7). The molecule has 8 nitrogen and oxygen atoms in total. The first-order chi connectivity index (χ1) is 18.9. The number of hydrogen-bond donors (Lipinski definition) is 1. The summed E-state index contributed by atoms with van der Waals surface area (Å²) in [5.74, 6) is -7.13. The fraction of sp³-hybridized carbons (Fsp3) is 0.231. The van der Waals surface area contributed by atoms with Crippen LogP contribution in [0.2, 0.25) is 0 Å². The van der Waals surface area contributed by atoms with E-state index in [-0.39, 0.29) is 30.1 Å². The summed E-state index contributed by atoms with van der Waals surface area (Å²) in [6.07, 6.45) is -4.46. The molecule has 3 aromatic carbocycles. The van der Waals surface area contributed by atoms with Crippen LogP contribution in [0.3, 0.4) is 0 Å². The number of carbonyl (C=O) groups excluding carboxylic acids is 1. The number of likely N-dealkylation sites (tertiary alicyclic amines) is 1. The van der Waals surface area contributed by atoms with Crippen LogP contribution in [0.25, 0.3) is 16.5 Å². The SMILES string of the molecule is O=C(O)C(F)(F)F.O=C(c1c(F)cccc1-n1nccn1)N1CCC(F)(F)C(Oc2ccc3ccccc3c2)C1. The molecule has 1 aromatic heterocycles. The van der Waals surface area contributed by atoms with E-state index in [0.717, 1.165) is 21.6 Å². The summed E-state index contributed by atoms with van der Waals surface area (Å²) in [5.41, 5.74) is -0.141. The number of aliphatic carboxylic acids is 1. The molecule has 5 rings (SSSR count). The molecule has 40 heavy (non-hydrogen) atoms. The number of carboxylic acids is 1. The Kier molecular flexibility index (Phi) is 7.98. The van der Waals surface area contributed by atoms with Crippen molar-refractivity contribution in [1.29, 1.82) is 0 Å². The van der Waals surface area contributed by atoms with Crippen LogP contribution in [0.1, 0.15) is 16.8 Å². The smallest absolute Gasteiger partial charge is 0.482 e. The minimum Gasteiger partial charge on any atom is -0.482 e. The third-order valence-electron chi connectivity index (χ3n) is 5.94. The number of fused-ring (bicyclic) bond motifs is 1. The Bertz CT molecular complexity index is 1510. The van der Waals surface area contributed by atoms with Gasteiger partial charge in [0.1, 0.15) is 22.8 Å². The number of carboxylic acid groups (broad SMARTS) is 1. The number of ether oxygens (including phenoxy) is 1. The van der Waals surface area contributed by atoms with Crippen molar-refractivity contribution in [1.82, 2.24) is 19.9 Å². The van der Waals surface area contributed by atoms with Gasteiger partial charge in [0.05, 0.1) is 18.9 Å². The minimum absolute atomic E-state index is 0.134. The average Bonchev–Trinajstić information content (AvgIpc) is 3.44. The van der Waals surface area contributed by atoms with Crippen LogP contribution >= 0.6 is 0 Å². The zero-order valence-electron chi connectivity index (χ0n) is 20.4. The molecular formula is C26H20F6N4O4. The van der Waals surface area contributed by atoms with Gasteiger partial charge >= 0.3 is 12.1 Å². The second-order valence-electron chi connectivity index (χ2n) is 8.63. The highest BCUT2D eigenvalue weighted by Gasteiger charge is 2.47. The van der Waals surface area contributed by atoms with Gasteiger partial charge in [0.15, 0.2) is 6.10 Å². The number of amides is 1. The Morgan fingerprint density at radius 3 is 2.27 bits per heavy atom. The topological polar surface area (TPSA) is 97.5 Å². The third-order valence-corrected chi connectivity index (χ3v) is 5.94. The lowest BCUT2D eigenvalue weighted by atomic mass is 10.0. The number of carbonyl (C=O) groups is 2. The van der Waals surface area contributed by atoms with Crippen LogP contribution in [0.15, 0.2) is 73.1 Å². The molecule has 14 heteroatoms. The van der Waals surface area contributed by atoms with Gasteiger partial charge in [0, 0.05) is 13.0 Å². The summed E-state index contributed by atoms with van der Waals surface area (Å²) < 4.78 is 81.5. The maximum Gasteiger partial charge on any atom is 0.490 e. The number of hydrogen-bond acceptors (Lipinski definition) is 5. The molecule has 1 aliphatic rings. The second kappa shape index (κ2) is 11.2. The molecule has 210 valence electrons. The van der Waals surface area contributed by atoms with E-state index in [1.54, 1.807) is 18.2 Å². The summed E-state index contributed by atoms with van der Waals surface area (Å²) >= 11 is 0.